The zero-order chi connectivity index (χ0) is 69.8. The summed E-state index contributed by atoms with van der Waals surface area (Å²) in [4.78, 5) is 72.5. The Morgan fingerprint density at radius 3 is 0.747 bits per heavy atom. The molecule has 0 bridgehead atoms. The second kappa shape index (κ2) is 69.2. The Hall–Kier alpha value is -1.94. The first kappa shape index (κ1) is 93.1. The van der Waals surface area contributed by atoms with Gasteiger partial charge in [-0.3, -0.25) is 37.3 Å². The lowest BCUT2D eigenvalue weighted by molar-refractivity contribution is -0.161. The summed E-state index contributed by atoms with van der Waals surface area (Å²) in [6.07, 6.45) is 58.7. The first-order chi connectivity index (χ1) is 46.1. The molecule has 0 saturated heterocycles. The monoisotopic (exact) mass is 1400 g/mol. The second-order valence-corrected chi connectivity index (χ2v) is 30.5. The van der Waals surface area contributed by atoms with Crippen LogP contribution in [0.25, 0.3) is 0 Å². The van der Waals surface area contributed by atoms with Crippen LogP contribution in [-0.4, -0.2) is 96.7 Å². The van der Waals surface area contributed by atoms with Crippen molar-refractivity contribution in [1.29, 1.82) is 0 Å². The number of hydrogen-bond donors (Lipinski definition) is 3. The van der Waals surface area contributed by atoms with E-state index in [1.807, 2.05) is 0 Å². The van der Waals surface area contributed by atoms with Crippen molar-refractivity contribution < 1.29 is 80.2 Å². The summed E-state index contributed by atoms with van der Waals surface area (Å²) >= 11 is 0. The maximum atomic E-state index is 13.1. The first-order valence-corrected chi connectivity index (χ1v) is 42.7. The lowest BCUT2D eigenvalue weighted by Crippen LogP contribution is -2.30. The molecule has 17 nitrogen and oxygen atoms in total. The van der Waals surface area contributed by atoms with Crippen molar-refractivity contribution in [1.82, 2.24) is 0 Å². The van der Waals surface area contributed by atoms with Crippen molar-refractivity contribution in [2.75, 3.05) is 39.6 Å². The van der Waals surface area contributed by atoms with Crippen LogP contribution in [0.3, 0.4) is 0 Å². The predicted octanol–water partition coefficient (Wildman–Crippen LogP) is 22.5. The number of aliphatic hydroxyl groups is 1. The Morgan fingerprint density at radius 2 is 0.505 bits per heavy atom. The molecule has 6 atom stereocenters. The number of unbranched alkanes of at least 4 members (excludes halogenated alkanes) is 47. The normalized spacial score (nSPS) is 14.2. The fraction of sp³-hybridized carbons (Fsp3) is 0.947. The Morgan fingerprint density at radius 1 is 0.295 bits per heavy atom. The van der Waals surface area contributed by atoms with Gasteiger partial charge >= 0.3 is 39.5 Å². The van der Waals surface area contributed by atoms with E-state index >= 15 is 0 Å². The van der Waals surface area contributed by atoms with Gasteiger partial charge < -0.3 is 33.8 Å². The summed E-state index contributed by atoms with van der Waals surface area (Å²) in [6.45, 7) is 7.26. The molecular formula is C76H148O17P2. The minimum absolute atomic E-state index is 0.107. The molecule has 19 heteroatoms. The van der Waals surface area contributed by atoms with E-state index in [1.54, 1.807) is 0 Å². The highest BCUT2D eigenvalue weighted by Gasteiger charge is 2.30. The number of aliphatic hydroxyl groups excluding tert-OH is 1. The molecule has 0 aromatic rings. The molecule has 0 saturated carbocycles. The van der Waals surface area contributed by atoms with E-state index in [2.05, 4.69) is 34.6 Å². The summed E-state index contributed by atoms with van der Waals surface area (Å²) in [6, 6.07) is 0. The van der Waals surface area contributed by atoms with E-state index in [0.717, 1.165) is 102 Å². The number of hydrogen-bond acceptors (Lipinski definition) is 15. The van der Waals surface area contributed by atoms with Gasteiger partial charge in [-0.2, -0.15) is 0 Å². The summed E-state index contributed by atoms with van der Waals surface area (Å²) in [5, 5.41) is 10.6. The topological polar surface area (TPSA) is 237 Å². The van der Waals surface area contributed by atoms with Gasteiger partial charge in [-0.15, -0.1) is 0 Å². The molecule has 0 fully saturated rings. The highest BCUT2D eigenvalue weighted by molar-refractivity contribution is 7.47. The van der Waals surface area contributed by atoms with Crippen molar-refractivity contribution in [2.45, 2.75) is 419 Å². The number of carbonyl (C=O) groups is 4. The number of ether oxygens (including phenoxy) is 4. The van der Waals surface area contributed by atoms with E-state index in [9.17, 15) is 43.2 Å². The highest BCUT2D eigenvalue weighted by Crippen LogP contribution is 2.45. The third-order valence-corrected chi connectivity index (χ3v) is 20.0. The summed E-state index contributed by atoms with van der Waals surface area (Å²) < 4.78 is 68.3. The van der Waals surface area contributed by atoms with Crippen molar-refractivity contribution >= 4 is 39.5 Å². The van der Waals surface area contributed by atoms with Crippen LogP contribution < -0.4 is 0 Å². The van der Waals surface area contributed by atoms with Gasteiger partial charge in [0.1, 0.15) is 19.3 Å². The molecular weight excluding hydrogens is 1250 g/mol. The maximum Gasteiger partial charge on any atom is 0.472 e. The molecule has 0 aliphatic rings. The van der Waals surface area contributed by atoms with Crippen LogP contribution in [0.15, 0.2) is 0 Å². The zero-order valence-corrected chi connectivity index (χ0v) is 63.6. The molecule has 0 amide bonds. The molecule has 0 aliphatic carbocycles. The fourth-order valence-electron chi connectivity index (χ4n) is 11.7. The van der Waals surface area contributed by atoms with Gasteiger partial charge in [0.05, 0.1) is 26.4 Å². The Bertz CT molecular complexity index is 1820. The molecule has 564 valence electrons. The Kier molecular flexibility index (Phi) is 67.7. The van der Waals surface area contributed by atoms with Crippen molar-refractivity contribution in [2.24, 2.45) is 5.92 Å². The molecule has 0 radical (unpaired) electrons. The van der Waals surface area contributed by atoms with Crippen molar-refractivity contribution in [3.63, 3.8) is 0 Å². The standard InChI is InChI=1S/C76H148O17P2/c1-6-10-13-16-18-20-22-24-25-26-27-28-29-30-35-39-43-47-52-57-62-76(81)93-72(66-87-74(79)60-55-50-45-41-38-34-32-31-33-36-40-44-49-53-58-69(5)9-4)68-91-95(84,85)89-64-70(77)63-88-94(82,83)90-67-71(65-86-73(78)59-54-48-15-12-8-3)92-75(80)61-56-51-46-42-37-23-21-19-17-14-11-7-2/h69-72,77H,6-68H2,1-5H3,(H,82,83)(H,84,85)/t69?,70-,71+,72+/m0/s1. The van der Waals surface area contributed by atoms with E-state index in [0.29, 0.717) is 25.7 Å². The van der Waals surface area contributed by atoms with Crippen molar-refractivity contribution in [3.8, 4) is 0 Å². The number of esters is 4. The lowest BCUT2D eigenvalue weighted by Gasteiger charge is -2.21. The third-order valence-electron chi connectivity index (χ3n) is 18.1. The smallest absolute Gasteiger partial charge is 0.462 e. The number of phosphoric acid groups is 2. The molecule has 0 heterocycles. The molecule has 3 unspecified atom stereocenters. The molecule has 95 heavy (non-hydrogen) atoms. The first-order valence-electron chi connectivity index (χ1n) is 39.7. The molecule has 0 rings (SSSR count). The number of phosphoric ester groups is 2. The highest BCUT2D eigenvalue weighted by atomic mass is 31.2. The van der Waals surface area contributed by atoms with Crippen molar-refractivity contribution in [3.05, 3.63) is 0 Å². The van der Waals surface area contributed by atoms with Crippen LogP contribution in [-0.2, 0) is 65.4 Å². The lowest BCUT2D eigenvalue weighted by atomic mass is 9.99. The minimum Gasteiger partial charge on any atom is -0.462 e. The number of carbonyl (C=O) groups excluding carboxylic acids is 4. The van der Waals surface area contributed by atoms with Crippen LogP contribution in [0.5, 0.6) is 0 Å². The third kappa shape index (κ3) is 69.0. The zero-order valence-electron chi connectivity index (χ0n) is 61.8. The van der Waals surface area contributed by atoms with Gasteiger partial charge in [0.15, 0.2) is 12.2 Å². The molecule has 0 aromatic heterocycles. The fourth-order valence-corrected chi connectivity index (χ4v) is 13.3. The largest absolute Gasteiger partial charge is 0.472 e. The van der Waals surface area contributed by atoms with E-state index in [4.69, 9.17) is 37.0 Å². The minimum atomic E-state index is -4.96. The van der Waals surface area contributed by atoms with Gasteiger partial charge in [0, 0.05) is 25.7 Å². The SMILES string of the molecule is CCCCCCCCCCCCCCCCCCCCCCC(=O)O[C@H](COC(=O)CCCCCCCCCCCCCCCCC(C)CC)COP(=O)(O)OC[C@@H](O)COP(=O)(O)OC[C@@H](COC(=O)CCCCCCC)OC(=O)CCCCCCCCCCCCCC. The quantitative estimate of drug-likeness (QED) is 0.0222. The van der Waals surface area contributed by atoms with Gasteiger partial charge in [-0.1, -0.05) is 349 Å². The van der Waals surface area contributed by atoms with Crippen LogP contribution in [0.4, 0.5) is 0 Å². The van der Waals surface area contributed by atoms with Crippen LogP contribution in [0.1, 0.15) is 401 Å². The van der Waals surface area contributed by atoms with Crippen LogP contribution in [0.2, 0.25) is 0 Å². The van der Waals surface area contributed by atoms with Gasteiger partial charge in [-0.05, 0) is 31.6 Å². The molecule has 0 aliphatic heterocycles. The maximum absolute atomic E-state index is 13.1. The van der Waals surface area contributed by atoms with Gasteiger partial charge in [0.2, 0.25) is 0 Å². The average Bonchev–Trinajstić information content (AvgIpc) is 1.92. The van der Waals surface area contributed by atoms with Gasteiger partial charge in [0.25, 0.3) is 0 Å². The Labute approximate surface area is 581 Å². The summed E-state index contributed by atoms with van der Waals surface area (Å²) in [5.41, 5.74) is 0. The average molecular weight is 1400 g/mol. The molecule has 0 aromatic carbocycles. The Balaban J connectivity index is 5.13. The molecule has 0 spiro atoms. The van der Waals surface area contributed by atoms with E-state index in [-0.39, 0.29) is 25.7 Å². The van der Waals surface area contributed by atoms with Crippen LogP contribution in [0, 0.1) is 5.92 Å². The second-order valence-electron chi connectivity index (χ2n) is 27.6. The predicted molar refractivity (Wildman–Crippen MR) is 386 cm³/mol. The summed E-state index contributed by atoms with van der Waals surface area (Å²) in [5.74, 6) is -1.27. The van der Waals surface area contributed by atoms with E-state index in [1.165, 1.54) is 218 Å². The van der Waals surface area contributed by atoms with Crippen LogP contribution >= 0.6 is 15.6 Å². The van der Waals surface area contributed by atoms with Gasteiger partial charge in [-0.25, -0.2) is 9.13 Å². The number of rotatable bonds is 76. The molecule has 3 N–H and O–H groups in total. The van der Waals surface area contributed by atoms with E-state index < -0.39 is 97.5 Å². The summed E-state index contributed by atoms with van der Waals surface area (Å²) in [7, 11) is -9.90.